The van der Waals surface area contributed by atoms with Crippen molar-refractivity contribution in [1.82, 2.24) is 0 Å². The first-order chi connectivity index (χ1) is 10.2. The average molecular weight is 284 g/mol. The summed E-state index contributed by atoms with van der Waals surface area (Å²) in [5.74, 6) is 0.0821. The largest absolute Gasteiger partial charge is 0.381 e. The van der Waals surface area contributed by atoms with Crippen LogP contribution in [0.3, 0.4) is 0 Å². The van der Waals surface area contributed by atoms with Crippen LogP contribution >= 0.6 is 0 Å². The van der Waals surface area contributed by atoms with E-state index in [1.165, 1.54) is 12.1 Å². The summed E-state index contributed by atoms with van der Waals surface area (Å²) >= 11 is 0. The van der Waals surface area contributed by atoms with Crippen molar-refractivity contribution in [3.8, 4) is 0 Å². The molecule has 0 aromatic heterocycles. The van der Waals surface area contributed by atoms with Crippen LogP contribution in [0.15, 0.2) is 48.5 Å². The lowest BCUT2D eigenvalue weighted by atomic mass is 10.2. The van der Waals surface area contributed by atoms with E-state index in [2.05, 4.69) is 10.6 Å². The van der Waals surface area contributed by atoms with Crippen LogP contribution in [0.25, 0.3) is 0 Å². The molecular formula is C17H17FN2O. The number of carbonyl (C=O) groups excluding carboxylic acids is 1. The Bertz CT molecular complexity index is 635. The Morgan fingerprint density at radius 2 is 1.81 bits per heavy atom. The third kappa shape index (κ3) is 3.81. The highest BCUT2D eigenvalue weighted by molar-refractivity contribution is 5.94. The van der Waals surface area contributed by atoms with Crippen LogP contribution in [-0.2, 0) is 11.3 Å². The number of hydrogen-bond acceptors (Lipinski definition) is 2. The van der Waals surface area contributed by atoms with Gasteiger partial charge in [0.15, 0.2) is 0 Å². The maximum absolute atomic E-state index is 13.1. The highest BCUT2D eigenvalue weighted by Crippen LogP contribution is 2.30. The zero-order valence-corrected chi connectivity index (χ0v) is 11.6. The summed E-state index contributed by atoms with van der Waals surface area (Å²) in [5, 5.41) is 6.12. The molecule has 3 nitrogen and oxygen atoms in total. The van der Waals surface area contributed by atoms with Gasteiger partial charge >= 0.3 is 0 Å². The molecule has 0 spiro atoms. The number of carbonyl (C=O) groups is 1. The van der Waals surface area contributed by atoms with Crippen molar-refractivity contribution in [2.24, 2.45) is 5.92 Å². The minimum absolute atomic E-state index is 0.107. The highest BCUT2D eigenvalue weighted by Gasteiger charge is 2.29. The van der Waals surface area contributed by atoms with Crippen molar-refractivity contribution in [1.29, 1.82) is 0 Å². The average Bonchev–Trinajstić information content (AvgIpc) is 3.31. The molecule has 0 atom stereocenters. The minimum atomic E-state index is -0.229. The van der Waals surface area contributed by atoms with E-state index in [1.54, 1.807) is 6.07 Å². The van der Waals surface area contributed by atoms with Crippen molar-refractivity contribution < 1.29 is 9.18 Å². The van der Waals surface area contributed by atoms with E-state index in [1.807, 2.05) is 30.3 Å². The van der Waals surface area contributed by atoms with E-state index in [-0.39, 0.29) is 17.6 Å². The predicted octanol–water partition coefficient (Wildman–Crippen LogP) is 3.79. The van der Waals surface area contributed by atoms with Gasteiger partial charge < -0.3 is 10.6 Å². The Morgan fingerprint density at radius 3 is 2.48 bits per heavy atom. The first-order valence-electron chi connectivity index (χ1n) is 7.10. The van der Waals surface area contributed by atoms with E-state index in [9.17, 15) is 9.18 Å². The summed E-state index contributed by atoms with van der Waals surface area (Å²) in [6.07, 6.45) is 2.00. The third-order valence-corrected chi connectivity index (χ3v) is 3.49. The predicted molar refractivity (Wildman–Crippen MR) is 81.5 cm³/mol. The van der Waals surface area contributed by atoms with Crippen LogP contribution < -0.4 is 10.6 Å². The van der Waals surface area contributed by atoms with E-state index in [0.717, 1.165) is 29.8 Å². The van der Waals surface area contributed by atoms with Gasteiger partial charge in [-0.1, -0.05) is 12.1 Å². The van der Waals surface area contributed by atoms with Gasteiger partial charge in [0.25, 0.3) is 0 Å². The minimum Gasteiger partial charge on any atom is -0.381 e. The molecule has 0 saturated heterocycles. The van der Waals surface area contributed by atoms with Crippen LogP contribution in [0.5, 0.6) is 0 Å². The van der Waals surface area contributed by atoms with Crippen LogP contribution in [-0.4, -0.2) is 5.91 Å². The molecule has 0 unspecified atom stereocenters. The van der Waals surface area contributed by atoms with Gasteiger partial charge in [0.1, 0.15) is 5.82 Å². The fourth-order valence-electron chi connectivity index (χ4n) is 2.11. The first kappa shape index (κ1) is 13.6. The van der Waals surface area contributed by atoms with Gasteiger partial charge in [0.2, 0.25) is 5.91 Å². The van der Waals surface area contributed by atoms with E-state index < -0.39 is 0 Å². The van der Waals surface area contributed by atoms with Gasteiger partial charge in [0.05, 0.1) is 0 Å². The molecule has 2 N–H and O–H groups in total. The molecule has 21 heavy (non-hydrogen) atoms. The molecule has 0 bridgehead atoms. The molecule has 0 aliphatic heterocycles. The Morgan fingerprint density at radius 1 is 1.10 bits per heavy atom. The van der Waals surface area contributed by atoms with Crippen LogP contribution in [0.4, 0.5) is 15.8 Å². The molecule has 0 radical (unpaired) electrons. The second kappa shape index (κ2) is 5.95. The van der Waals surface area contributed by atoms with Gasteiger partial charge in [-0.3, -0.25) is 4.79 Å². The summed E-state index contributed by atoms with van der Waals surface area (Å²) in [6.45, 7) is 0.561. The van der Waals surface area contributed by atoms with Crippen LogP contribution in [0.1, 0.15) is 18.4 Å². The summed E-state index contributed by atoms with van der Waals surface area (Å²) < 4.78 is 13.1. The third-order valence-electron chi connectivity index (χ3n) is 3.49. The lowest BCUT2D eigenvalue weighted by molar-refractivity contribution is -0.117. The van der Waals surface area contributed by atoms with E-state index in [4.69, 9.17) is 0 Å². The fraction of sp³-hybridized carbons (Fsp3) is 0.235. The molecule has 2 aromatic rings. The number of amides is 1. The normalized spacial score (nSPS) is 13.8. The summed E-state index contributed by atoms with van der Waals surface area (Å²) in [6, 6.07) is 14.1. The second-order valence-corrected chi connectivity index (χ2v) is 5.32. The lowest BCUT2D eigenvalue weighted by Crippen LogP contribution is -2.13. The molecule has 2 aromatic carbocycles. The molecule has 0 heterocycles. The smallest absolute Gasteiger partial charge is 0.227 e. The summed E-state index contributed by atoms with van der Waals surface area (Å²) in [4.78, 5) is 11.6. The topological polar surface area (TPSA) is 41.1 Å². The molecule has 4 heteroatoms. The molecule has 1 amide bonds. The Balaban J connectivity index is 1.55. The molecular weight excluding hydrogens is 267 g/mol. The highest BCUT2D eigenvalue weighted by atomic mass is 19.1. The van der Waals surface area contributed by atoms with E-state index >= 15 is 0 Å². The first-order valence-corrected chi connectivity index (χ1v) is 7.10. The Hall–Kier alpha value is -2.36. The van der Waals surface area contributed by atoms with Crippen molar-refractivity contribution in [3.63, 3.8) is 0 Å². The monoisotopic (exact) mass is 284 g/mol. The van der Waals surface area contributed by atoms with Gasteiger partial charge in [-0.2, -0.15) is 0 Å². The van der Waals surface area contributed by atoms with Gasteiger partial charge in [-0.15, -0.1) is 0 Å². The van der Waals surface area contributed by atoms with Crippen molar-refractivity contribution in [3.05, 3.63) is 59.9 Å². The van der Waals surface area contributed by atoms with Crippen LogP contribution in [0.2, 0.25) is 0 Å². The number of benzene rings is 2. The number of nitrogens with one attached hydrogen (secondary N) is 2. The SMILES string of the molecule is O=C(Nc1ccc(NCc2cccc(F)c2)cc1)C1CC1. The second-order valence-electron chi connectivity index (χ2n) is 5.32. The number of hydrogen-bond donors (Lipinski definition) is 2. The summed E-state index contributed by atoms with van der Waals surface area (Å²) in [5.41, 5.74) is 2.63. The molecule has 3 rings (SSSR count). The quantitative estimate of drug-likeness (QED) is 0.877. The van der Waals surface area contributed by atoms with Crippen molar-refractivity contribution in [2.75, 3.05) is 10.6 Å². The van der Waals surface area contributed by atoms with Gasteiger partial charge in [0, 0.05) is 23.8 Å². The molecule has 1 saturated carbocycles. The van der Waals surface area contributed by atoms with Crippen LogP contribution in [0, 0.1) is 11.7 Å². The molecule has 108 valence electrons. The summed E-state index contributed by atoms with van der Waals surface area (Å²) in [7, 11) is 0. The number of rotatable bonds is 5. The zero-order valence-electron chi connectivity index (χ0n) is 11.6. The van der Waals surface area contributed by atoms with Crippen molar-refractivity contribution in [2.45, 2.75) is 19.4 Å². The van der Waals surface area contributed by atoms with Crippen molar-refractivity contribution >= 4 is 17.3 Å². The molecule has 1 fully saturated rings. The molecule has 1 aliphatic carbocycles. The number of halogens is 1. The van der Waals surface area contributed by atoms with Gasteiger partial charge in [-0.05, 0) is 54.8 Å². The maximum atomic E-state index is 13.1. The van der Waals surface area contributed by atoms with E-state index in [0.29, 0.717) is 6.54 Å². The maximum Gasteiger partial charge on any atom is 0.227 e. The number of anilines is 2. The van der Waals surface area contributed by atoms with Gasteiger partial charge in [-0.25, -0.2) is 4.39 Å². The fourth-order valence-corrected chi connectivity index (χ4v) is 2.11. The zero-order chi connectivity index (χ0) is 14.7. The lowest BCUT2D eigenvalue weighted by Gasteiger charge is -2.08. The standard InChI is InChI=1S/C17H17FN2O/c18-14-3-1-2-12(10-14)11-19-15-6-8-16(9-7-15)20-17(21)13-4-5-13/h1-3,6-10,13,19H,4-5,11H2,(H,20,21). The molecule has 1 aliphatic rings. The Kier molecular flexibility index (Phi) is 3.86. The Labute approximate surface area is 123 Å².